The monoisotopic (exact) mass is 363 g/mol. The molecule has 25 heavy (non-hydrogen) atoms. The van der Waals surface area contributed by atoms with Gasteiger partial charge in [0.2, 0.25) is 0 Å². The van der Waals surface area contributed by atoms with E-state index in [0.29, 0.717) is 25.5 Å². The molecule has 0 saturated carbocycles. The zero-order valence-electron chi connectivity index (χ0n) is 14.6. The van der Waals surface area contributed by atoms with Crippen molar-refractivity contribution in [2.24, 2.45) is 0 Å². The first kappa shape index (κ1) is 18.3. The van der Waals surface area contributed by atoms with Crippen LogP contribution in [0.15, 0.2) is 17.4 Å². The Kier molecular flexibility index (Phi) is 6.01. The van der Waals surface area contributed by atoms with E-state index in [9.17, 15) is 9.90 Å². The molecule has 0 bridgehead atoms. The van der Waals surface area contributed by atoms with Crippen molar-refractivity contribution < 1.29 is 9.84 Å². The first-order valence-corrected chi connectivity index (χ1v) is 9.56. The molecule has 1 atom stereocenters. The Morgan fingerprint density at radius 1 is 1.52 bits per heavy atom. The first-order chi connectivity index (χ1) is 12.1. The minimum Gasteiger partial charge on any atom is -0.389 e. The summed E-state index contributed by atoms with van der Waals surface area (Å²) in [4.78, 5) is 24.3. The highest BCUT2D eigenvalue weighted by Crippen LogP contribution is 2.34. The van der Waals surface area contributed by atoms with Crippen LogP contribution < -0.4 is 5.56 Å². The van der Waals surface area contributed by atoms with Gasteiger partial charge in [-0.25, -0.2) is 4.98 Å². The summed E-state index contributed by atoms with van der Waals surface area (Å²) in [5.74, 6) is 0.651. The summed E-state index contributed by atoms with van der Waals surface area (Å²) in [5.41, 5.74) is 1.16. The van der Waals surface area contributed by atoms with Gasteiger partial charge in [0.15, 0.2) is 0 Å². The molecule has 0 spiro atoms. The maximum atomic E-state index is 12.5. The van der Waals surface area contributed by atoms with Gasteiger partial charge in [0.05, 0.1) is 31.2 Å². The molecular weight excluding hydrogens is 338 g/mol. The van der Waals surface area contributed by atoms with E-state index >= 15 is 0 Å². The summed E-state index contributed by atoms with van der Waals surface area (Å²) in [5, 5.41) is 10.8. The van der Waals surface area contributed by atoms with Crippen molar-refractivity contribution in [1.82, 2.24) is 14.9 Å². The number of nitrogens with one attached hydrogen (secondary N) is 1. The van der Waals surface area contributed by atoms with E-state index in [1.165, 1.54) is 10.4 Å². The van der Waals surface area contributed by atoms with E-state index in [-0.39, 0.29) is 12.2 Å². The number of fused-ring (bicyclic) bond motifs is 3. The zero-order valence-corrected chi connectivity index (χ0v) is 15.4. The van der Waals surface area contributed by atoms with Crippen LogP contribution in [0, 0.1) is 0 Å². The number of aliphatic hydroxyl groups excluding tert-OH is 1. The number of nitrogens with zero attached hydrogens (tertiary/aromatic N) is 2. The maximum absolute atomic E-state index is 12.5. The Balaban J connectivity index is 1.70. The molecule has 0 aliphatic heterocycles. The number of likely N-dealkylation sites (N-methyl/N-ethyl adjacent to an activating group) is 1. The highest BCUT2D eigenvalue weighted by Gasteiger charge is 2.21. The molecule has 0 unspecified atom stereocenters. The second kappa shape index (κ2) is 8.23. The van der Waals surface area contributed by atoms with Gasteiger partial charge in [0.1, 0.15) is 10.7 Å². The van der Waals surface area contributed by atoms with Gasteiger partial charge >= 0.3 is 0 Å². The molecule has 2 N–H and O–H groups in total. The number of aryl methyl sites for hydroxylation is 2. The van der Waals surface area contributed by atoms with Crippen molar-refractivity contribution in [3.63, 3.8) is 0 Å². The van der Waals surface area contributed by atoms with E-state index in [4.69, 9.17) is 4.74 Å². The van der Waals surface area contributed by atoms with Crippen molar-refractivity contribution in [1.29, 1.82) is 0 Å². The lowest BCUT2D eigenvalue weighted by molar-refractivity contribution is 0.0252. The maximum Gasteiger partial charge on any atom is 0.259 e. The predicted molar refractivity (Wildman–Crippen MR) is 100 cm³/mol. The number of aromatic nitrogens is 2. The standard InChI is InChI=1S/C18H25N3O3S/c1-3-8-24-11-12(22)9-21(4-2)10-15-19-17(23)16-13-6-5-7-14(13)25-18(16)20-15/h3,12,22H,1,4-11H2,2H3,(H,19,20,23)/t12-/m1/s1. The Morgan fingerprint density at radius 2 is 2.36 bits per heavy atom. The Bertz CT molecular complexity index is 799. The molecule has 2 aromatic heterocycles. The number of aromatic amines is 1. The van der Waals surface area contributed by atoms with Crippen LogP contribution in [0.5, 0.6) is 0 Å². The molecule has 0 radical (unpaired) electrons. The fraction of sp³-hybridized carbons (Fsp3) is 0.556. The second-order valence-corrected chi connectivity index (χ2v) is 7.44. The Hall–Kier alpha value is -1.54. The summed E-state index contributed by atoms with van der Waals surface area (Å²) < 4.78 is 5.29. The van der Waals surface area contributed by atoms with Crippen molar-refractivity contribution in [3.05, 3.63) is 39.3 Å². The summed E-state index contributed by atoms with van der Waals surface area (Å²) in [6.07, 6.45) is 4.25. The molecule has 7 heteroatoms. The van der Waals surface area contributed by atoms with E-state index in [2.05, 4.69) is 16.5 Å². The average Bonchev–Trinajstić information content (AvgIpc) is 3.14. The highest BCUT2D eigenvalue weighted by molar-refractivity contribution is 7.18. The minimum absolute atomic E-state index is 0.0367. The predicted octanol–water partition coefficient (Wildman–Crippen LogP) is 1.86. The molecule has 0 saturated heterocycles. The van der Waals surface area contributed by atoms with Gasteiger partial charge in [-0.05, 0) is 31.4 Å². The molecule has 2 heterocycles. The SMILES string of the molecule is C=CCOC[C@H](O)CN(CC)Cc1nc2sc3c(c2c(=O)[nH]1)CCC3. The van der Waals surface area contributed by atoms with Crippen LogP contribution >= 0.6 is 11.3 Å². The van der Waals surface area contributed by atoms with E-state index in [0.717, 1.165) is 36.0 Å². The van der Waals surface area contributed by atoms with Crippen LogP contribution in [0.3, 0.4) is 0 Å². The fourth-order valence-corrected chi connectivity index (χ4v) is 4.56. The van der Waals surface area contributed by atoms with Crippen LogP contribution in [0.4, 0.5) is 0 Å². The van der Waals surface area contributed by atoms with Crippen molar-refractivity contribution in [2.75, 3.05) is 26.3 Å². The average molecular weight is 363 g/mol. The quantitative estimate of drug-likeness (QED) is 0.525. The number of aliphatic hydroxyl groups is 1. The molecule has 0 amide bonds. The first-order valence-electron chi connectivity index (χ1n) is 8.74. The lowest BCUT2D eigenvalue weighted by Crippen LogP contribution is -2.35. The highest BCUT2D eigenvalue weighted by atomic mass is 32.1. The van der Waals surface area contributed by atoms with Crippen LogP contribution in [-0.4, -0.2) is 52.4 Å². The normalized spacial score (nSPS) is 15.0. The zero-order chi connectivity index (χ0) is 17.8. The number of ether oxygens (including phenoxy) is 1. The van der Waals surface area contributed by atoms with Gasteiger partial charge in [0, 0.05) is 11.4 Å². The fourth-order valence-electron chi connectivity index (χ4n) is 3.28. The summed E-state index contributed by atoms with van der Waals surface area (Å²) in [6.45, 7) is 8.02. The second-order valence-electron chi connectivity index (χ2n) is 6.36. The van der Waals surface area contributed by atoms with E-state index in [1.807, 2.05) is 11.8 Å². The third-order valence-corrected chi connectivity index (χ3v) is 5.65. The van der Waals surface area contributed by atoms with Crippen LogP contribution in [0.1, 0.15) is 29.6 Å². The molecule has 136 valence electrons. The lowest BCUT2D eigenvalue weighted by Gasteiger charge is -2.22. The largest absolute Gasteiger partial charge is 0.389 e. The van der Waals surface area contributed by atoms with Gasteiger partial charge in [-0.3, -0.25) is 9.69 Å². The van der Waals surface area contributed by atoms with Gasteiger partial charge in [0.25, 0.3) is 5.56 Å². The molecule has 6 nitrogen and oxygen atoms in total. The molecule has 1 aliphatic rings. The van der Waals surface area contributed by atoms with Crippen molar-refractivity contribution >= 4 is 21.6 Å². The van der Waals surface area contributed by atoms with E-state index < -0.39 is 6.10 Å². The number of thiophene rings is 1. The topological polar surface area (TPSA) is 78.5 Å². The molecule has 3 rings (SSSR count). The molecule has 2 aromatic rings. The molecule has 0 aromatic carbocycles. The van der Waals surface area contributed by atoms with Crippen LogP contribution in [-0.2, 0) is 24.1 Å². The van der Waals surface area contributed by atoms with Crippen molar-refractivity contribution in [3.8, 4) is 0 Å². The molecule has 0 fully saturated rings. The number of hydrogen-bond donors (Lipinski definition) is 2. The molecule has 1 aliphatic carbocycles. The van der Waals surface area contributed by atoms with Gasteiger partial charge in [-0.15, -0.1) is 17.9 Å². The van der Waals surface area contributed by atoms with Crippen molar-refractivity contribution in [2.45, 2.75) is 38.8 Å². The summed E-state index contributed by atoms with van der Waals surface area (Å²) in [6, 6.07) is 0. The molecular formula is C18H25N3O3S. The van der Waals surface area contributed by atoms with Crippen LogP contribution in [0.2, 0.25) is 0 Å². The smallest absolute Gasteiger partial charge is 0.259 e. The van der Waals surface area contributed by atoms with E-state index in [1.54, 1.807) is 17.4 Å². The lowest BCUT2D eigenvalue weighted by atomic mass is 10.2. The third-order valence-electron chi connectivity index (χ3n) is 4.46. The minimum atomic E-state index is -0.583. The third kappa shape index (κ3) is 4.17. The number of hydrogen-bond acceptors (Lipinski definition) is 6. The van der Waals surface area contributed by atoms with Gasteiger partial charge < -0.3 is 14.8 Å². The number of H-pyrrole nitrogens is 1. The summed E-state index contributed by atoms with van der Waals surface area (Å²) >= 11 is 1.65. The Morgan fingerprint density at radius 3 is 3.12 bits per heavy atom. The van der Waals surface area contributed by atoms with Crippen LogP contribution in [0.25, 0.3) is 10.2 Å². The number of rotatable bonds is 9. The van der Waals surface area contributed by atoms with Gasteiger partial charge in [-0.1, -0.05) is 13.0 Å². The van der Waals surface area contributed by atoms with Gasteiger partial charge in [-0.2, -0.15) is 0 Å². The Labute approximate surface area is 151 Å². The summed E-state index contributed by atoms with van der Waals surface area (Å²) in [7, 11) is 0.